The maximum Gasteiger partial charge on any atom is 0.149 e. The smallest absolute Gasteiger partial charge is 0.149 e. The highest BCUT2D eigenvalue weighted by atomic mass is 35.5. The Morgan fingerprint density at radius 2 is 2.06 bits per heavy atom. The quantitative estimate of drug-likeness (QED) is 0.810. The van der Waals surface area contributed by atoms with Crippen LogP contribution in [0.3, 0.4) is 0 Å². The lowest BCUT2D eigenvalue weighted by molar-refractivity contribution is 0.524. The monoisotopic (exact) mass is 267 g/mol. The first-order valence-electron chi connectivity index (χ1n) is 6.91. The maximum atomic E-state index is 5.96. The molecule has 0 bridgehead atoms. The molecule has 0 amide bonds. The molecule has 0 unspecified atom stereocenters. The van der Waals surface area contributed by atoms with Gasteiger partial charge in [-0.15, -0.1) is 0 Å². The van der Waals surface area contributed by atoms with Gasteiger partial charge in [0.15, 0.2) is 0 Å². The summed E-state index contributed by atoms with van der Waals surface area (Å²) in [5.74, 6) is 1.65. The summed E-state index contributed by atoms with van der Waals surface area (Å²) in [6, 6.07) is 0.622. The summed E-state index contributed by atoms with van der Waals surface area (Å²) in [7, 11) is 0. The lowest BCUT2D eigenvalue weighted by Gasteiger charge is -2.30. The topological polar surface area (TPSA) is 29.0 Å². The molecule has 1 aliphatic rings. The van der Waals surface area contributed by atoms with Gasteiger partial charge in [-0.2, -0.15) is 0 Å². The van der Waals surface area contributed by atoms with Gasteiger partial charge in [0, 0.05) is 12.6 Å². The SMILES string of the molecule is CC(C)CCN(c1cncc(Cl)n1)C1CCCC1. The van der Waals surface area contributed by atoms with Gasteiger partial charge in [0.25, 0.3) is 0 Å². The summed E-state index contributed by atoms with van der Waals surface area (Å²) >= 11 is 5.96. The van der Waals surface area contributed by atoms with Crippen LogP contribution >= 0.6 is 11.6 Å². The molecule has 0 spiro atoms. The second kappa shape index (κ2) is 6.37. The van der Waals surface area contributed by atoms with Crippen LogP contribution in [0.2, 0.25) is 5.15 Å². The Balaban J connectivity index is 2.12. The Kier molecular flexibility index (Phi) is 4.81. The van der Waals surface area contributed by atoms with Crippen LogP contribution in [0, 0.1) is 5.92 Å². The zero-order valence-corrected chi connectivity index (χ0v) is 12.0. The molecule has 0 aromatic carbocycles. The number of hydrogen-bond donors (Lipinski definition) is 0. The maximum absolute atomic E-state index is 5.96. The molecule has 1 aliphatic carbocycles. The first kappa shape index (κ1) is 13.6. The second-order valence-corrected chi connectivity index (χ2v) is 5.90. The Hall–Kier alpha value is -0.830. The van der Waals surface area contributed by atoms with Crippen LogP contribution < -0.4 is 4.90 Å². The minimum absolute atomic E-state index is 0.486. The molecule has 1 aromatic rings. The summed E-state index contributed by atoms with van der Waals surface area (Å²) in [5.41, 5.74) is 0. The molecule has 1 saturated carbocycles. The Bertz CT molecular complexity index is 375. The van der Waals surface area contributed by atoms with Gasteiger partial charge in [-0.1, -0.05) is 38.3 Å². The van der Waals surface area contributed by atoms with E-state index in [0.29, 0.717) is 17.1 Å². The summed E-state index contributed by atoms with van der Waals surface area (Å²) in [5, 5.41) is 0.486. The van der Waals surface area contributed by atoms with Crippen LogP contribution in [0.5, 0.6) is 0 Å². The van der Waals surface area contributed by atoms with Crippen molar-refractivity contribution in [1.82, 2.24) is 9.97 Å². The molecular formula is C14H22ClN3. The van der Waals surface area contributed by atoms with Crippen LogP contribution in [0.15, 0.2) is 12.4 Å². The molecule has 2 rings (SSSR count). The van der Waals surface area contributed by atoms with Gasteiger partial charge < -0.3 is 4.90 Å². The van der Waals surface area contributed by atoms with E-state index in [1.165, 1.54) is 32.1 Å². The van der Waals surface area contributed by atoms with Crippen LogP contribution in [0.25, 0.3) is 0 Å². The van der Waals surface area contributed by atoms with Gasteiger partial charge >= 0.3 is 0 Å². The fraction of sp³-hybridized carbons (Fsp3) is 0.714. The highest BCUT2D eigenvalue weighted by molar-refractivity contribution is 6.29. The van der Waals surface area contributed by atoms with Crippen LogP contribution in [0.4, 0.5) is 5.82 Å². The van der Waals surface area contributed by atoms with E-state index < -0.39 is 0 Å². The standard InChI is InChI=1S/C14H22ClN3/c1-11(2)7-8-18(12-5-3-4-6-12)14-10-16-9-13(15)17-14/h9-12H,3-8H2,1-2H3. The molecule has 1 fully saturated rings. The summed E-state index contributed by atoms with van der Waals surface area (Å²) < 4.78 is 0. The van der Waals surface area contributed by atoms with Crippen molar-refractivity contribution in [2.45, 2.75) is 52.0 Å². The van der Waals surface area contributed by atoms with E-state index in [2.05, 4.69) is 28.7 Å². The van der Waals surface area contributed by atoms with Crippen molar-refractivity contribution in [1.29, 1.82) is 0 Å². The molecule has 1 aromatic heterocycles. The van der Waals surface area contributed by atoms with Crippen LogP contribution in [0.1, 0.15) is 46.0 Å². The number of hydrogen-bond acceptors (Lipinski definition) is 3. The number of nitrogens with zero attached hydrogens (tertiary/aromatic N) is 3. The van der Waals surface area contributed by atoms with Crippen molar-refractivity contribution < 1.29 is 0 Å². The normalized spacial score (nSPS) is 16.4. The summed E-state index contributed by atoms with van der Waals surface area (Å²) in [6.07, 6.45) is 9.82. The van der Waals surface area contributed by atoms with E-state index >= 15 is 0 Å². The minimum Gasteiger partial charge on any atom is -0.352 e. The lowest BCUT2D eigenvalue weighted by atomic mass is 10.1. The largest absolute Gasteiger partial charge is 0.352 e. The van der Waals surface area contributed by atoms with Gasteiger partial charge in [0.05, 0.1) is 12.4 Å². The second-order valence-electron chi connectivity index (χ2n) is 5.51. The third-order valence-electron chi connectivity index (χ3n) is 3.60. The Morgan fingerprint density at radius 1 is 1.33 bits per heavy atom. The van der Waals surface area contributed by atoms with Crippen molar-refractivity contribution in [2.24, 2.45) is 5.92 Å². The molecule has 3 nitrogen and oxygen atoms in total. The predicted octanol–water partition coefficient (Wildman–Crippen LogP) is 3.93. The first-order chi connectivity index (χ1) is 8.66. The van der Waals surface area contributed by atoms with Gasteiger partial charge in [0.1, 0.15) is 11.0 Å². The highest BCUT2D eigenvalue weighted by Gasteiger charge is 2.24. The molecule has 18 heavy (non-hydrogen) atoms. The third-order valence-corrected chi connectivity index (χ3v) is 3.78. The molecule has 0 atom stereocenters. The molecular weight excluding hydrogens is 246 g/mol. The van der Waals surface area contributed by atoms with Crippen LogP contribution in [-0.2, 0) is 0 Å². The van der Waals surface area contributed by atoms with E-state index in [4.69, 9.17) is 11.6 Å². The van der Waals surface area contributed by atoms with E-state index in [1.807, 2.05) is 6.20 Å². The van der Waals surface area contributed by atoms with E-state index in [1.54, 1.807) is 6.20 Å². The zero-order chi connectivity index (χ0) is 13.0. The number of halogens is 1. The molecule has 1 heterocycles. The third kappa shape index (κ3) is 3.58. The molecule has 0 N–H and O–H groups in total. The average molecular weight is 268 g/mol. The fourth-order valence-corrected chi connectivity index (χ4v) is 2.71. The molecule has 4 heteroatoms. The van der Waals surface area contributed by atoms with Gasteiger partial charge in [-0.3, -0.25) is 4.98 Å². The number of aromatic nitrogens is 2. The van der Waals surface area contributed by atoms with Gasteiger partial charge in [-0.05, 0) is 25.2 Å². The molecule has 0 radical (unpaired) electrons. The van der Waals surface area contributed by atoms with Crippen molar-refractivity contribution >= 4 is 17.4 Å². The van der Waals surface area contributed by atoms with Crippen LogP contribution in [-0.4, -0.2) is 22.6 Å². The summed E-state index contributed by atoms with van der Waals surface area (Å²) in [6.45, 7) is 5.57. The predicted molar refractivity (Wildman–Crippen MR) is 76.1 cm³/mol. The molecule has 100 valence electrons. The lowest BCUT2D eigenvalue weighted by Crippen LogP contribution is -2.35. The number of rotatable bonds is 5. The van der Waals surface area contributed by atoms with Crippen molar-refractivity contribution in [2.75, 3.05) is 11.4 Å². The van der Waals surface area contributed by atoms with Gasteiger partial charge in [-0.25, -0.2) is 4.98 Å². The fourth-order valence-electron chi connectivity index (χ4n) is 2.57. The molecule has 0 saturated heterocycles. The first-order valence-corrected chi connectivity index (χ1v) is 7.29. The molecule has 0 aliphatic heterocycles. The van der Waals surface area contributed by atoms with E-state index in [-0.39, 0.29) is 0 Å². The van der Waals surface area contributed by atoms with E-state index in [9.17, 15) is 0 Å². The number of anilines is 1. The van der Waals surface area contributed by atoms with E-state index in [0.717, 1.165) is 12.4 Å². The Morgan fingerprint density at radius 3 is 2.67 bits per heavy atom. The minimum atomic E-state index is 0.486. The zero-order valence-electron chi connectivity index (χ0n) is 11.3. The van der Waals surface area contributed by atoms with Crippen molar-refractivity contribution in [3.63, 3.8) is 0 Å². The van der Waals surface area contributed by atoms with Gasteiger partial charge in [0.2, 0.25) is 0 Å². The van der Waals surface area contributed by atoms with Crippen molar-refractivity contribution in [3.05, 3.63) is 17.5 Å². The van der Waals surface area contributed by atoms with Crippen molar-refractivity contribution in [3.8, 4) is 0 Å². The summed E-state index contributed by atoms with van der Waals surface area (Å²) in [4.78, 5) is 11.0. The Labute approximate surface area is 115 Å². The average Bonchev–Trinajstić information content (AvgIpc) is 2.83. The highest BCUT2D eigenvalue weighted by Crippen LogP contribution is 2.28.